The van der Waals surface area contributed by atoms with E-state index in [1.54, 1.807) is 19.9 Å². The minimum absolute atomic E-state index is 0.0341. The van der Waals surface area contributed by atoms with Gasteiger partial charge in [-0.3, -0.25) is 0 Å². The normalized spacial score (nSPS) is 11.3. The van der Waals surface area contributed by atoms with E-state index in [0.717, 1.165) is 0 Å². The fourth-order valence-corrected chi connectivity index (χ4v) is 3.43. The van der Waals surface area contributed by atoms with Gasteiger partial charge in [-0.15, -0.1) is 0 Å². The summed E-state index contributed by atoms with van der Waals surface area (Å²) in [5.41, 5.74) is 7.38. The van der Waals surface area contributed by atoms with Crippen molar-refractivity contribution in [3.05, 3.63) is 42.1 Å². The molecule has 3 aromatic rings. The standard InChI is InChI=1S/C18H19FN6O3S/c1-4-29(26,27)12-7-13(15-5-10(2)23-18(20)25-15)16(21-9-12)24-11-6-14(19)17(28-3)22-8-11/h5-9H,4H2,1-3H3,(H,21,24)(H2,20,23,25). The van der Waals surface area contributed by atoms with Crippen LogP contribution in [0.15, 0.2) is 35.5 Å². The smallest absolute Gasteiger partial charge is 0.250 e. The second kappa shape index (κ2) is 7.95. The molecule has 11 heteroatoms. The number of methoxy groups -OCH3 is 1. The molecule has 152 valence electrons. The van der Waals surface area contributed by atoms with Crippen LogP contribution in [-0.2, 0) is 9.84 Å². The third-order valence-corrected chi connectivity index (χ3v) is 5.71. The van der Waals surface area contributed by atoms with Gasteiger partial charge in [0.2, 0.25) is 11.8 Å². The van der Waals surface area contributed by atoms with Crippen LogP contribution in [0.5, 0.6) is 5.88 Å². The van der Waals surface area contributed by atoms with Crippen LogP contribution in [-0.4, -0.2) is 41.2 Å². The minimum Gasteiger partial charge on any atom is -0.479 e. The quantitative estimate of drug-likeness (QED) is 0.619. The zero-order chi connectivity index (χ0) is 21.2. The number of hydrogen-bond acceptors (Lipinski definition) is 9. The van der Waals surface area contributed by atoms with E-state index in [4.69, 9.17) is 10.5 Å². The first kappa shape index (κ1) is 20.4. The van der Waals surface area contributed by atoms with Crippen molar-refractivity contribution in [3.63, 3.8) is 0 Å². The first-order valence-electron chi connectivity index (χ1n) is 8.54. The highest BCUT2D eigenvalue weighted by Crippen LogP contribution is 2.31. The topological polar surface area (TPSA) is 133 Å². The maximum absolute atomic E-state index is 14.0. The fourth-order valence-electron chi connectivity index (χ4n) is 2.59. The van der Waals surface area contributed by atoms with Crippen molar-refractivity contribution in [2.45, 2.75) is 18.7 Å². The molecule has 0 spiro atoms. The van der Waals surface area contributed by atoms with Crippen LogP contribution in [0.25, 0.3) is 11.3 Å². The highest BCUT2D eigenvalue weighted by Gasteiger charge is 2.18. The van der Waals surface area contributed by atoms with E-state index in [0.29, 0.717) is 22.6 Å². The lowest BCUT2D eigenvalue weighted by Crippen LogP contribution is -2.07. The van der Waals surface area contributed by atoms with Crippen molar-refractivity contribution in [1.29, 1.82) is 0 Å². The molecule has 0 radical (unpaired) electrons. The van der Waals surface area contributed by atoms with Gasteiger partial charge in [0.1, 0.15) is 5.82 Å². The molecule has 0 saturated carbocycles. The number of rotatable bonds is 6. The third kappa shape index (κ3) is 4.40. The Hall–Kier alpha value is -3.34. The van der Waals surface area contributed by atoms with Gasteiger partial charge in [-0.25, -0.2) is 32.7 Å². The predicted molar refractivity (Wildman–Crippen MR) is 106 cm³/mol. The van der Waals surface area contributed by atoms with Crippen LogP contribution in [0.2, 0.25) is 0 Å². The molecule has 0 bridgehead atoms. The fraction of sp³-hybridized carbons (Fsp3) is 0.222. The third-order valence-electron chi connectivity index (χ3n) is 4.01. The van der Waals surface area contributed by atoms with Gasteiger partial charge in [0, 0.05) is 23.5 Å². The molecule has 0 saturated heterocycles. The van der Waals surface area contributed by atoms with Crippen molar-refractivity contribution in [2.24, 2.45) is 0 Å². The minimum atomic E-state index is -3.51. The summed E-state index contributed by atoms with van der Waals surface area (Å²) in [6, 6.07) is 4.28. The molecule has 3 rings (SSSR count). The van der Waals surface area contributed by atoms with E-state index in [9.17, 15) is 12.8 Å². The maximum atomic E-state index is 14.0. The van der Waals surface area contributed by atoms with Gasteiger partial charge in [-0.1, -0.05) is 6.92 Å². The zero-order valence-corrected chi connectivity index (χ0v) is 16.8. The average Bonchev–Trinajstić information content (AvgIpc) is 2.67. The first-order chi connectivity index (χ1) is 13.7. The van der Waals surface area contributed by atoms with E-state index in [1.165, 1.54) is 31.6 Å². The molecule has 3 aromatic heterocycles. The predicted octanol–water partition coefficient (Wildman–Crippen LogP) is 2.51. The molecule has 0 aliphatic heterocycles. The van der Waals surface area contributed by atoms with E-state index < -0.39 is 15.7 Å². The van der Waals surface area contributed by atoms with Crippen LogP contribution >= 0.6 is 0 Å². The van der Waals surface area contributed by atoms with Crippen LogP contribution < -0.4 is 15.8 Å². The van der Waals surface area contributed by atoms with Crippen molar-refractivity contribution in [1.82, 2.24) is 19.9 Å². The first-order valence-corrected chi connectivity index (χ1v) is 10.2. The van der Waals surface area contributed by atoms with Crippen LogP contribution in [0, 0.1) is 12.7 Å². The maximum Gasteiger partial charge on any atom is 0.250 e. The summed E-state index contributed by atoms with van der Waals surface area (Å²) < 4.78 is 43.4. The highest BCUT2D eigenvalue weighted by atomic mass is 32.2. The Bertz CT molecular complexity index is 1150. The van der Waals surface area contributed by atoms with Crippen molar-refractivity contribution in [3.8, 4) is 17.1 Å². The summed E-state index contributed by atoms with van der Waals surface area (Å²) in [7, 11) is -2.20. The van der Waals surface area contributed by atoms with Gasteiger partial charge in [-0.05, 0) is 19.1 Å². The molecule has 0 amide bonds. The van der Waals surface area contributed by atoms with Crippen molar-refractivity contribution in [2.75, 3.05) is 23.9 Å². The van der Waals surface area contributed by atoms with Gasteiger partial charge in [-0.2, -0.15) is 0 Å². The molecule has 29 heavy (non-hydrogen) atoms. The molecule has 0 fully saturated rings. The number of aromatic nitrogens is 4. The summed E-state index contributed by atoms with van der Waals surface area (Å²) in [5, 5.41) is 2.93. The molecule has 0 atom stereocenters. The molecular weight excluding hydrogens is 399 g/mol. The van der Waals surface area contributed by atoms with E-state index in [1.807, 2.05) is 0 Å². The summed E-state index contributed by atoms with van der Waals surface area (Å²) in [5.74, 6) is -0.603. The number of nitrogens with zero attached hydrogens (tertiary/aromatic N) is 4. The van der Waals surface area contributed by atoms with Crippen LogP contribution in [0.4, 0.5) is 21.8 Å². The lowest BCUT2D eigenvalue weighted by Gasteiger charge is -2.13. The van der Waals surface area contributed by atoms with E-state index in [-0.39, 0.29) is 28.3 Å². The highest BCUT2D eigenvalue weighted by molar-refractivity contribution is 7.91. The monoisotopic (exact) mass is 418 g/mol. The number of sulfone groups is 1. The number of nitrogens with two attached hydrogens (primary N) is 1. The molecule has 0 aromatic carbocycles. The summed E-state index contributed by atoms with van der Waals surface area (Å²) in [4.78, 5) is 16.3. The molecule has 9 nitrogen and oxygen atoms in total. The van der Waals surface area contributed by atoms with E-state index in [2.05, 4.69) is 25.3 Å². The van der Waals surface area contributed by atoms with Crippen LogP contribution in [0.1, 0.15) is 12.6 Å². The average molecular weight is 418 g/mol. The second-order valence-corrected chi connectivity index (χ2v) is 8.34. The summed E-state index contributed by atoms with van der Waals surface area (Å²) in [6.45, 7) is 3.28. The molecule has 3 heterocycles. The molecule has 0 unspecified atom stereocenters. The van der Waals surface area contributed by atoms with Gasteiger partial charge >= 0.3 is 0 Å². The van der Waals surface area contributed by atoms with Crippen molar-refractivity contribution >= 4 is 27.3 Å². The number of aryl methyl sites for hydroxylation is 1. The number of ether oxygens (including phenoxy) is 1. The number of anilines is 3. The Balaban J connectivity index is 2.14. The van der Waals surface area contributed by atoms with Gasteiger partial charge in [0.25, 0.3) is 0 Å². The van der Waals surface area contributed by atoms with Gasteiger partial charge in [0.15, 0.2) is 15.7 Å². The Morgan fingerprint density at radius 2 is 1.93 bits per heavy atom. The number of nitrogen functional groups attached to an aromatic ring is 1. The zero-order valence-electron chi connectivity index (χ0n) is 16.0. The Kier molecular flexibility index (Phi) is 5.59. The second-order valence-electron chi connectivity index (χ2n) is 6.06. The molecule has 0 aliphatic carbocycles. The van der Waals surface area contributed by atoms with Gasteiger partial charge in [0.05, 0.1) is 35.3 Å². The number of pyridine rings is 2. The lowest BCUT2D eigenvalue weighted by atomic mass is 10.1. The number of hydrogen-bond donors (Lipinski definition) is 2. The Morgan fingerprint density at radius 3 is 2.55 bits per heavy atom. The molecular formula is C18H19FN6O3S. The Morgan fingerprint density at radius 1 is 1.17 bits per heavy atom. The Labute approximate surface area is 167 Å². The summed E-state index contributed by atoms with van der Waals surface area (Å²) >= 11 is 0. The molecule has 3 N–H and O–H groups in total. The van der Waals surface area contributed by atoms with Crippen molar-refractivity contribution < 1.29 is 17.5 Å². The molecule has 0 aliphatic rings. The summed E-state index contributed by atoms with van der Waals surface area (Å²) in [6.07, 6.45) is 2.60. The number of nitrogens with one attached hydrogen (secondary N) is 1. The SMILES string of the molecule is CCS(=O)(=O)c1cnc(Nc2cnc(OC)c(F)c2)c(-c2cc(C)nc(N)n2)c1. The largest absolute Gasteiger partial charge is 0.479 e. The van der Waals surface area contributed by atoms with Gasteiger partial charge < -0.3 is 15.8 Å². The number of halogens is 1. The van der Waals surface area contributed by atoms with Crippen LogP contribution in [0.3, 0.4) is 0 Å². The van der Waals surface area contributed by atoms with E-state index >= 15 is 0 Å². The lowest BCUT2D eigenvalue weighted by molar-refractivity contribution is 0.369.